The van der Waals surface area contributed by atoms with Gasteiger partial charge in [-0.25, -0.2) is 0 Å². The number of benzene rings is 1. The number of rotatable bonds is 1. The third-order valence-electron chi connectivity index (χ3n) is 6.81. The van der Waals surface area contributed by atoms with Gasteiger partial charge in [-0.2, -0.15) is 0 Å². The van der Waals surface area contributed by atoms with Crippen LogP contribution in [-0.4, -0.2) is 28.7 Å². The molecule has 6 atom stereocenters. The molecule has 1 amide bonds. The van der Waals surface area contributed by atoms with E-state index in [4.69, 9.17) is 4.74 Å². The summed E-state index contributed by atoms with van der Waals surface area (Å²) in [6, 6.07) is 10.4. The zero-order valence-corrected chi connectivity index (χ0v) is 15.2. The lowest BCUT2D eigenvalue weighted by molar-refractivity contribution is -0.221. The molecule has 0 unspecified atom stereocenters. The van der Waals surface area contributed by atoms with E-state index in [1.165, 1.54) is 18.4 Å². The first-order valence-electron chi connectivity index (χ1n) is 9.45. The number of ether oxygens (including phenoxy) is 1. The monoisotopic (exact) mass is 327 g/mol. The van der Waals surface area contributed by atoms with Crippen LogP contribution in [0.25, 0.3) is 0 Å². The van der Waals surface area contributed by atoms with Crippen molar-refractivity contribution < 1.29 is 9.53 Å². The van der Waals surface area contributed by atoms with Crippen molar-refractivity contribution in [2.45, 2.75) is 70.7 Å². The van der Waals surface area contributed by atoms with E-state index in [1.807, 2.05) is 6.07 Å². The first kappa shape index (κ1) is 16.1. The number of amides is 1. The molecule has 0 bridgehead atoms. The Bertz CT molecular complexity index is 626. The summed E-state index contributed by atoms with van der Waals surface area (Å²) in [4.78, 5) is 15.2. The predicted octanol–water partition coefficient (Wildman–Crippen LogP) is 4.19. The van der Waals surface area contributed by atoms with Gasteiger partial charge >= 0.3 is 0 Å². The molecule has 3 aliphatic rings. The van der Waals surface area contributed by atoms with Gasteiger partial charge in [-0.15, -0.1) is 0 Å². The van der Waals surface area contributed by atoms with Gasteiger partial charge in [0.2, 0.25) is 5.91 Å². The smallest absolute Gasteiger partial charge is 0.228 e. The number of hydrogen-bond acceptors (Lipinski definition) is 2. The highest BCUT2D eigenvalue weighted by atomic mass is 16.5. The van der Waals surface area contributed by atoms with Gasteiger partial charge in [-0.3, -0.25) is 4.79 Å². The van der Waals surface area contributed by atoms with Gasteiger partial charge in [0, 0.05) is 23.3 Å². The maximum Gasteiger partial charge on any atom is 0.228 e. The Kier molecular flexibility index (Phi) is 3.76. The van der Waals surface area contributed by atoms with Gasteiger partial charge in [0.25, 0.3) is 0 Å². The van der Waals surface area contributed by atoms with E-state index >= 15 is 0 Å². The SMILES string of the molecule is C[C@@H]1CC[C@@H]2[C@@H](C1)O[C@H]1[C@H](c3ccccc3)[C@H](C)C(=O)N1C2(C)C. The molecule has 3 fully saturated rings. The molecule has 0 spiro atoms. The summed E-state index contributed by atoms with van der Waals surface area (Å²) in [6.07, 6.45) is 3.71. The van der Waals surface area contributed by atoms with Crippen molar-refractivity contribution in [1.29, 1.82) is 0 Å². The normalized spacial score (nSPS) is 41.0. The lowest BCUT2D eigenvalue weighted by atomic mass is 9.70. The molecular formula is C21H29NO2. The molecule has 2 saturated heterocycles. The summed E-state index contributed by atoms with van der Waals surface area (Å²) in [6.45, 7) is 8.92. The molecule has 1 aromatic rings. The molecule has 2 aliphatic heterocycles. The highest BCUT2D eigenvalue weighted by Gasteiger charge is 2.59. The molecule has 1 aromatic carbocycles. The number of nitrogens with zero attached hydrogens (tertiary/aromatic N) is 1. The quantitative estimate of drug-likeness (QED) is 0.774. The minimum atomic E-state index is -0.122. The van der Waals surface area contributed by atoms with E-state index in [1.54, 1.807) is 0 Å². The third-order valence-corrected chi connectivity index (χ3v) is 6.81. The number of fused-ring (bicyclic) bond motifs is 2. The number of carbonyl (C=O) groups is 1. The van der Waals surface area contributed by atoms with Crippen LogP contribution >= 0.6 is 0 Å². The van der Waals surface area contributed by atoms with Gasteiger partial charge in [0.05, 0.1) is 6.10 Å². The Hall–Kier alpha value is -1.35. The van der Waals surface area contributed by atoms with E-state index in [-0.39, 0.29) is 35.6 Å². The lowest BCUT2D eigenvalue weighted by Gasteiger charge is -2.55. The lowest BCUT2D eigenvalue weighted by Crippen LogP contribution is -2.64. The molecule has 3 heteroatoms. The molecule has 0 radical (unpaired) electrons. The molecule has 130 valence electrons. The van der Waals surface area contributed by atoms with Crippen LogP contribution in [0.15, 0.2) is 30.3 Å². The summed E-state index contributed by atoms with van der Waals surface area (Å²) in [5.41, 5.74) is 1.10. The van der Waals surface area contributed by atoms with Gasteiger partial charge in [0.1, 0.15) is 6.23 Å². The largest absolute Gasteiger partial charge is 0.354 e. The fourth-order valence-electron chi connectivity index (χ4n) is 5.44. The van der Waals surface area contributed by atoms with Crippen molar-refractivity contribution in [1.82, 2.24) is 4.90 Å². The summed E-state index contributed by atoms with van der Waals surface area (Å²) >= 11 is 0. The standard InChI is InChI=1S/C21H29NO2/c1-13-10-11-16-17(12-13)24-20-18(15-8-6-5-7-9-15)14(2)19(23)22(20)21(16,3)4/h5-9,13-14,16-18,20H,10-12H2,1-4H3/t13-,14+,16-,17-,18+,20+/m1/s1. The number of carbonyl (C=O) groups excluding carboxylic acids is 1. The highest BCUT2D eigenvalue weighted by Crippen LogP contribution is 2.52. The molecular weight excluding hydrogens is 298 g/mol. The zero-order chi connectivity index (χ0) is 17.1. The van der Waals surface area contributed by atoms with Gasteiger partial charge in [-0.05, 0) is 38.2 Å². The van der Waals surface area contributed by atoms with E-state index < -0.39 is 0 Å². The molecule has 3 nitrogen and oxygen atoms in total. The highest BCUT2D eigenvalue weighted by molar-refractivity contribution is 5.83. The van der Waals surface area contributed by atoms with E-state index in [0.717, 1.165) is 12.3 Å². The Morgan fingerprint density at radius 3 is 2.54 bits per heavy atom. The fourth-order valence-corrected chi connectivity index (χ4v) is 5.44. The van der Waals surface area contributed by atoms with Crippen LogP contribution < -0.4 is 0 Å². The van der Waals surface area contributed by atoms with Crippen molar-refractivity contribution in [2.75, 3.05) is 0 Å². The Labute approximate surface area is 145 Å². The second-order valence-corrected chi connectivity index (χ2v) is 8.68. The maximum atomic E-state index is 13.1. The van der Waals surface area contributed by atoms with Gasteiger partial charge in [0.15, 0.2) is 0 Å². The van der Waals surface area contributed by atoms with E-state index in [0.29, 0.717) is 5.92 Å². The molecule has 0 aromatic heterocycles. The molecule has 2 heterocycles. The van der Waals surface area contributed by atoms with Crippen LogP contribution in [0.2, 0.25) is 0 Å². The summed E-state index contributed by atoms with van der Waals surface area (Å²) in [5, 5.41) is 0. The average Bonchev–Trinajstić information content (AvgIpc) is 2.79. The van der Waals surface area contributed by atoms with Crippen molar-refractivity contribution in [3.63, 3.8) is 0 Å². The molecule has 0 N–H and O–H groups in total. The zero-order valence-electron chi connectivity index (χ0n) is 15.2. The summed E-state index contributed by atoms with van der Waals surface area (Å²) in [7, 11) is 0. The van der Waals surface area contributed by atoms with E-state index in [9.17, 15) is 4.79 Å². The van der Waals surface area contributed by atoms with Crippen molar-refractivity contribution >= 4 is 5.91 Å². The Balaban J connectivity index is 1.74. The van der Waals surface area contributed by atoms with Crippen LogP contribution in [0.1, 0.15) is 58.4 Å². The molecule has 24 heavy (non-hydrogen) atoms. The molecule has 1 aliphatic carbocycles. The van der Waals surface area contributed by atoms with Crippen LogP contribution in [0.5, 0.6) is 0 Å². The van der Waals surface area contributed by atoms with Crippen molar-refractivity contribution in [3.05, 3.63) is 35.9 Å². The fraction of sp³-hybridized carbons (Fsp3) is 0.667. The average molecular weight is 327 g/mol. The summed E-state index contributed by atoms with van der Waals surface area (Å²) in [5.74, 6) is 1.55. The second-order valence-electron chi connectivity index (χ2n) is 8.68. The number of hydrogen-bond donors (Lipinski definition) is 0. The first-order chi connectivity index (χ1) is 11.4. The van der Waals surface area contributed by atoms with Crippen LogP contribution in [0.3, 0.4) is 0 Å². The second kappa shape index (κ2) is 5.59. The van der Waals surface area contributed by atoms with Crippen molar-refractivity contribution in [3.8, 4) is 0 Å². The van der Waals surface area contributed by atoms with E-state index in [2.05, 4.69) is 56.9 Å². The van der Waals surface area contributed by atoms with Crippen LogP contribution in [-0.2, 0) is 9.53 Å². The Morgan fingerprint density at radius 2 is 1.83 bits per heavy atom. The summed E-state index contributed by atoms with van der Waals surface area (Å²) < 4.78 is 6.63. The van der Waals surface area contributed by atoms with Crippen LogP contribution in [0, 0.1) is 17.8 Å². The minimum Gasteiger partial charge on any atom is -0.354 e. The third kappa shape index (κ3) is 2.24. The van der Waals surface area contributed by atoms with Crippen LogP contribution in [0.4, 0.5) is 0 Å². The molecule has 4 rings (SSSR count). The van der Waals surface area contributed by atoms with Gasteiger partial charge in [-0.1, -0.05) is 50.6 Å². The first-order valence-corrected chi connectivity index (χ1v) is 9.45. The van der Waals surface area contributed by atoms with Gasteiger partial charge < -0.3 is 9.64 Å². The maximum absolute atomic E-state index is 13.1. The minimum absolute atomic E-state index is 0.0192. The predicted molar refractivity (Wildman–Crippen MR) is 94.4 cm³/mol. The molecule has 1 saturated carbocycles. The van der Waals surface area contributed by atoms with Crippen molar-refractivity contribution in [2.24, 2.45) is 17.8 Å². The Morgan fingerprint density at radius 1 is 1.12 bits per heavy atom. The topological polar surface area (TPSA) is 29.5 Å².